The molecule has 1 unspecified atom stereocenters. The second-order valence-electron chi connectivity index (χ2n) is 4.01. The first-order valence-corrected chi connectivity index (χ1v) is 7.70. The van der Waals surface area contributed by atoms with Crippen LogP contribution in [-0.4, -0.2) is 19.7 Å². The molecule has 0 saturated heterocycles. The van der Waals surface area contributed by atoms with E-state index in [4.69, 9.17) is 11.6 Å². The van der Waals surface area contributed by atoms with Crippen LogP contribution in [0.1, 0.15) is 18.7 Å². The number of aryl methyl sites for hydroxylation is 1. The molecule has 1 aromatic rings. The van der Waals surface area contributed by atoms with Gasteiger partial charge in [-0.2, -0.15) is 4.72 Å². The summed E-state index contributed by atoms with van der Waals surface area (Å²) in [6.07, 6.45) is 0. The van der Waals surface area contributed by atoms with Crippen molar-refractivity contribution < 1.29 is 13.2 Å². The Hall–Kier alpha value is -0.430. The second kappa shape index (κ2) is 5.48. The molecule has 7 heteroatoms. The highest BCUT2D eigenvalue weighted by Gasteiger charge is 2.27. The van der Waals surface area contributed by atoms with Gasteiger partial charge in [-0.1, -0.05) is 13.8 Å². The van der Waals surface area contributed by atoms with Gasteiger partial charge in [0.05, 0.1) is 6.04 Å². The van der Waals surface area contributed by atoms with Gasteiger partial charge >= 0.3 is 0 Å². The van der Waals surface area contributed by atoms with Crippen molar-refractivity contribution in [2.75, 3.05) is 0 Å². The zero-order chi connectivity index (χ0) is 13.2. The predicted molar refractivity (Wildman–Crippen MR) is 68.9 cm³/mol. The van der Waals surface area contributed by atoms with E-state index in [-0.39, 0.29) is 10.1 Å². The van der Waals surface area contributed by atoms with Crippen LogP contribution in [0.2, 0.25) is 0 Å². The van der Waals surface area contributed by atoms with E-state index in [0.29, 0.717) is 0 Å². The maximum atomic E-state index is 12.0. The lowest BCUT2D eigenvalue weighted by molar-refractivity contribution is -0.113. The first-order chi connectivity index (χ1) is 7.74. The maximum Gasteiger partial charge on any atom is 0.250 e. The molecule has 0 amide bonds. The number of carbonyl (C=O) groups excluding carboxylic acids is 1. The smallest absolute Gasteiger partial charge is 0.250 e. The van der Waals surface area contributed by atoms with Crippen molar-refractivity contribution in [2.24, 2.45) is 5.92 Å². The molecule has 0 aliphatic rings. The standard InChI is InChI=1S/C10H14ClNO3S2/c1-6(2)9(10(11)13)12-17(14,15)8-5-4-7(3)16-8/h4-6,9,12H,1-3H3. The molecule has 0 spiro atoms. The molecule has 1 aromatic heterocycles. The molecule has 0 fully saturated rings. The molecule has 1 N–H and O–H groups in total. The molecule has 0 aromatic carbocycles. The summed E-state index contributed by atoms with van der Waals surface area (Å²) in [6, 6.07) is 2.33. The van der Waals surface area contributed by atoms with Gasteiger partial charge in [0.1, 0.15) is 4.21 Å². The van der Waals surface area contributed by atoms with Crippen LogP contribution in [0.5, 0.6) is 0 Å². The van der Waals surface area contributed by atoms with E-state index < -0.39 is 21.3 Å². The quantitative estimate of drug-likeness (QED) is 0.846. The average Bonchev–Trinajstić information content (AvgIpc) is 2.61. The summed E-state index contributed by atoms with van der Waals surface area (Å²) in [5, 5.41) is -0.697. The third kappa shape index (κ3) is 3.77. The Morgan fingerprint density at radius 1 is 1.41 bits per heavy atom. The Kier molecular flexibility index (Phi) is 4.71. The molecular formula is C10H14ClNO3S2. The van der Waals surface area contributed by atoms with Gasteiger partial charge in [0.15, 0.2) is 0 Å². The fraction of sp³-hybridized carbons (Fsp3) is 0.500. The molecule has 0 radical (unpaired) electrons. The van der Waals surface area contributed by atoms with E-state index >= 15 is 0 Å². The topological polar surface area (TPSA) is 63.2 Å². The van der Waals surface area contributed by atoms with Gasteiger partial charge in [0.25, 0.3) is 10.0 Å². The van der Waals surface area contributed by atoms with Crippen molar-refractivity contribution in [3.8, 4) is 0 Å². The van der Waals surface area contributed by atoms with Crippen LogP contribution in [0.4, 0.5) is 0 Å². The van der Waals surface area contributed by atoms with Crippen LogP contribution in [0, 0.1) is 12.8 Å². The third-order valence-corrected chi connectivity index (χ3v) is 5.34. The Morgan fingerprint density at radius 2 is 2.00 bits per heavy atom. The number of hydrogen-bond donors (Lipinski definition) is 1. The van der Waals surface area contributed by atoms with Crippen molar-refractivity contribution in [3.05, 3.63) is 17.0 Å². The van der Waals surface area contributed by atoms with E-state index in [9.17, 15) is 13.2 Å². The van der Waals surface area contributed by atoms with Crippen LogP contribution in [0.15, 0.2) is 16.3 Å². The minimum Gasteiger partial charge on any atom is -0.279 e. The van der Waals surface area contributed by atoms with Gasteiger partial charge in [-0.05, 0) is 36.6 Å². The van der Waals surface area contributed by atoms with Crippen molar-refractivity contribution in [2.45, 2.75) is 31.0 Å². The Morgan fingerprint density at radius 3 is 2.35 bits per heavy atom. The molecule has 17 heavy (non-hydrogen) atoms. The molecular weight excluding hydrogens is 282 g/mol. The third-order valence-electron chi connectivity index (χ3n) is 2.17. The average molecular weight is 296 g/mol. The number of rotatable bonds is 5. The minimum absolute atomic E-state index is 0.193. The van der Waals surface area contributed by atoms with Crippen molar-refractivity contribution >= 4 is 38.2 Å². The largest absolute Gasteiger partial charge is 0.279 e. The first-order valence-electron chi connectivity index (χ1n) is 5.02. The zero-order valence-corrected chi connectivity index (χ0v) is 12.1. The van der Waals surface area contributed by atoms with Gasteiger partial charge in [0, 0.05) is 4.88 Å². The zero-order valence-electron chi connectivity index (χ0n) is 9.73. The number of thiophene rings is 1. The molecule has 0 saturated carbocycles. The van der Waals surface area contributed by atoms with Gasteiger partial charge in [-0.15, -0.1) is 11.3 Å². The number of halogens is 1. The lowest BCUT2D eigenvalue weighted by atomic mass is 10.1. The normalized spacial score (nSPS) is 13.9. The summed E-state index contributed by atoms with van der Waals surface area (Å²) in [7, 11) is -3.67. The summed E-state index contributed by atoms with van der Waals surface area (Å²) < 4.78 is 26.4. The van der Waals surface area contributed by atoms with Gasteiger partial charge in [0.2, 0.25) is 5.24 Å². The fourth-order valence-corrected chi connectivity index (χ4v) is 4.24. The molecule has 0 bridgehead atoms. The summed E-state index contributed by atoms with van der Waals surface area (Å²) in [6.45, 7) is 5.27. The molecule has 1 rings (SSSR count). The first kappa shape index (κ1) is 14.6. The number of sulfonamides is 1. The summed E-state index contributed by atoms with van der Waals surface area (Å²) >= 11 is 6.53. The Labute approximate surface area is 110 Å². The predicted octanol–water partition coefficient (Wildman–Crippen LogP) is 2.12. The fourth-order valence-electron chi connectivity index (χ4n) is 1.23. The van der Waals surface area contributed by atoms with Gasteiger partial charge in [-0.3, -0.25) is 4.79 Å². The molecule has 4 nitrogen and oxygen atoms in total. The van der Waals surface area contributed by atoms with Gasteiger partial charge < -0.3 is 0 Å². The monoisotopic (exact) mass is 295 g/mol. The Balaban J connectivity index is 2.97. The van der Waals surface area contributed by atoms with Crippen molar-refractivity contribution in [3.63, 3.8) is 0 Å². The van der Waals surface area contributed by atoms with Gasteiger partial charge in [-0.25, -0.2) is 8.42 Å². The van der Waals surface area contributed by atoms with Crippen LogP contribution in [0.3, 0.4) is 0 Å². The molecule has 0 aliphatic carbocycles. The van der Waals surface area contributed by atoms with E-state index in [1.54, 1.807) is 19.9 Å². The minimum atomic E-state index is -3.67. The van der Waals surface area contributed by atoms with Crippen molar-refractivity contribution in [1.29, 1.82) is 0 Å². The van der Waals surface area contributed by atoms with E-state index in [1.165, 1.54) is 6.07 Å². The van der Waals surface area contributed by atoms with E-state index in [0.717, 1.165) is 16.2 Å². The summed E-state index contributed by atoms with van der Waals surface area (Å²) in [4.78, 5) is 12.0. The highest BCUT2D eigenvalue weighted by atomic mass is 35.5. The van der Waals surface area contributed by atoms with Crippen LogP contribution in [0.25, 0.3) is 0 Å². The highest BCUT2D eigenvalue weighted by molar-refractivity contribution is 7.91. The maximum absolute atomic E-state index is 12.0. The van der Waals surface area contributed by atoms with Crippen LogP contribution in [-0.2, 0) is 14.8 Å². The lowest BCUT2D eigenvalue weighted by Crippen LogP contribution is -2.42. The molecule has 1 heterocycles. The van der Waals surface area contributed by atoms with E-state index in [1.807, 2.05) is 6.92 Å². The molecule has 96 valence electrons. The van der Waals surface area contributed by atoms with Crippen molar-refractivity contribution in [1.82, 2.24) is 4.72 Å². The molecule has 1 atom stereocenters. The second-order valence-corrected chi connectivity index (χ2v) is 7.61. The number of nitrogens with one attached hydrogen (secondary N) is 1. The highest BCUT2D eigenvalue weighted by Crippen LogP contribution is 2.21. The van der Waals surface area contributed by atoms with Crippen LogP contribution >= 0.6 is 22.9 Å². The van der Waals surface area contributed by atoms with E-state index in [2.05, 4.69) is 4.72 Å². The SMILES string of the molecule is Cc1ccc(S(=O)(=O)NC(C(=O)Cl)C(C)C)s1. The number of carbonyl (C=O) groups is 1. The van der Waals surface area contributed by atoms with Crippen LogP contribution < -0.4 is 4.72 Å². The summed E-state index contributed by atoms with van der Waals surface area (Å²) in [5.41, 5.74) is 0. The molecule has 0 aliphatic heterocycles. The number of hydrogen-bond acceptors (Lipinski definition) is 4. The summed E-state index contributed by atoms with van der Waals surface area (Å²) in [5.74, 6) is -0.198. The lowest BCUT2D eigenvalue weighted by Gasteiger charge is -2.17. The Bertz CT molecular complexity index is 507.